The molecule has 0 saturated carbocycles. The van der Waals surface area contributed by atoms with Crippen LogP contribution in [0.5, 0.6) is 0 Å². The lowest BCUT2D eigenvalue weighted by atomic mass is 10.2. The van der Waals surface area contributed by atoms with Crippen LogP contribution in [-0.2, 0) is 9.53 Å². The molecule has 1 amide bonds. The normalized spacial score (nSPS) is 15.4. The van der Waals surface area contributed by atoms with Gasteiger partial charge in [-0.15, -0.1) is 0 Å². The minimum Gasteiger partial charge on any atom is -0.383 e. The summed E-state index contributed by atoms with van der Waals surface area (Å²) in [4.78, 5) is 16.6. The Morgan fingerprint density at radius 3 is 2.72 bits per heavy atom. The monoisotopic (exact) mass is 348 g/mol. The predicted octanol–water partition coefficient (Wildman–Crippen LogP) is 0.859. The summed E-state index contributed by atoms with van der Waals surface area (Å²) >= 11 is 0. The highest BCUT2D eigenvalue weighted by molar-refractivity contribution is 5.77. The molecule has 1 heterocycles. The van der Waals surface area contributed by atoms with Gasteiger partial charge in [-0.3, -0.25) is 9.69 Å². The zero-order chi connectivity index (χ0) is 17.9. The maximum Gasteiger partial charge on any atom is 0.233 e. The van der Waals surface area contributed by atoms with Crippen LogP contribution in [0.25, 0.3) is 0 Å². The molecule has 0 unspecified atom stereocenters. The van der Waals surface area contributed by atoms with E-state index in [4.69, 9.17) is 4.74 Å². The van der Waals surface area contributed by atoms with Crippen molar-refractivity contribution in [3.8, 4) is 0 Å². The minimum atomic E-state index is 0.0559. The molecule has 1 aliphatic heterocycles. The smallest absolute Gasteiger partial charge is 0.233 e. The second kappa shape index (κ2) is 11.1. The predicted molar refractivity (Wildman–Crippen MR) is 102 cm³/mol. The molecule has 0 aromatic heterocycles. The number of nitrogens with zero attached hydrogens (tertiary/aromatic N) is 2. The third-order valence-electron chi connectivity index (χ3n) is 4.48. The van der Waals surface area contributed by atoms with Gasteiger partial charge in [0.15, 0.2) is 0 Å². The van der Waals surface area contributed by atoms with Crippen LogP contribution in [0, 0.1) is 6.92 Å². The molecule has 2 N–H and O–H groups in total. The number of anilines is 1. The van der Waals surface area contributed by atoms with Gasteiger partial charge in [0.05, 0.1) is 13.2 Å². The Balaban J connectivity index is 1.54. The number of hydrogen-bond donors (Lipinski definition) is 2. The molecule has 1 fully saturated rings. The molecule has 0 spiro atoms. The van der Waals surface area contributed by atoms with Gasteiger partial charge in [0.2, 0.25) is 5.91 Å². The Kier molecular flexibility index (Phi) is 8.72. The number of aryl methyl sites for hydroxylation is 1. The van der Waals surface area contributed by atoms with Crippen molar-refractivity contribution in [1.82, 2.24) is 15.5 Å². The van der Waals surface area contributed by atoms with Gasteiger partial charge in [0, 0.05) is 52.1 Å². The number of amides is 1. The van der Waals surface area contributed by atoms with Crippen LogP contribution in [0.3, 0.4) is 0 Å². The van der Waals surface area contributed by atoms with E-state index < -0.39 is 0 Å². The average Bonchev–Trinajstić information content (AvgIpc) is 2.63. The van der Waals surface area contributed by atoms with Crippen molar-refractivity contribution in [3.63, 3.8) is 0 Å². The Bertz CT molecular complexity index is 516. The van der Waals surface area contributed by atoms with Gasteiger partial charge in [0.25, 0.3) is 0 Å². The lowest BCUT2D eigenvalue weighted by molar-refractivity contribution is -0.120. The van der Waals surface area contributed by atoms with Gasteiger partial charge in [-0.25, -0.2) is 0 Å². The first kappa shape index (κ1) is 19.7. The number of carbonyl (C=O) groups is 1. The first-order valence-electron chi connectivity index (χ1n) is 9.19. The van der Waals surface area contributed by atoms with E-state index in [1.807, 2.05) is 0 Å². The van der Waals surface area contributed by atoms with Crippen molar-refractivity contribution in [3.05, 3.63) is 29.8 Å². The Hall–Kier alpha value is -1.63. The highest BCUT2D eigenvalue weighted by atomic mass is 16.5. The maximum absolute atomic E-state index is 11.6. The summed E-state index contributed by atoms with van der Waals surface area (Å²) in [6, 6.07) is 8.72. The van der Waals surface area contributed by atoms with E-state index in [2.05, 4.69) is 51.6 Å². The number of rotatable bonds is 10. The molecule has 0 atom stereocenters. The van der Waals surface area contributed by atoms with Crippen LogP contribution >= 0.6 is 0 Å². The van der Waals surface area contributed by atoms with Gasteiger partial charge in [-0.1, -0.05) is 12.1 Å². The Morgan fingerprint density at radius 2 is 2.00 bits per heavy atom. The van der Waals surface area contributed by atoms with Crippen LogP contribution in [0.2, 0.25) is 0 Å². The summed E-state index contributed by atoms with van der Waals surface area (Å²) in [5.41, 5.74) is 2.64. The summed E-state index contributed by atoms with van der Waals surface area (Å²) in [5, 5.41) is 6.01. The molecule has 1 aromatic rings. The number of nitrogens with one attached hydrogen (secondary N) is 2. The molecule has 1 aliphatic rings. The zero-order valence-electron chi connectivity index (χ0n) is 15.6. The summed E-state index contributed by atoms with van der Waals surface area (Å²) in [6.45, 7) is 9.91. The second-order valence-electron chi connectivity index (χ2n) is 6.54. The molecule has 0 bridgehead atoms. The highest BCUT2D eigenvalue weighted by Gasteiger charge is 2.16. The molecule has 6 nitrogen and oxygen atoms in total. The van der Waals surface area contributed by atoms with Crippen molar-refractivity contribution in [1.29, 1.82) is 0 Å². The van der Waals surface area contributed by atoms with Crippen LogP contribution in [-0.4, -0.2) is 76.9 Å². The van der Waals surface area contributed by atoms with Gasteiger partial charge in [-0.05, 0) is 37.6 Å². The van der Waals surface area contributed by atoms with Crippen LogP contribution in [0.1, 0.15) is 12.0 Å². The SMILES string of the molecule is COCCNCC(=O)NCCCN1CCN(c2cccc(C)c2)CC1. The molecule has 140 valence electrons. The first-order valence-corrected chi connectivity index (χ1v) is 9.19. The zero-order valence-corrected chi connectivity index (χ0v) is 15.6. The molecule has 2 rings (SSSR count). The van der Waals surface area contributed by atoms with Gasteiger partial charge < -0.3 is 20.3 Å². The summed E-state index contributed by atoms with van der Waals surface area (Å²) in [6.07, 6.45) is 0.994. The third kappa shape index (κ3) is 7.42. The largest absolute Gasteiger partial charge is 0.383 e. The lowest BCUT2D eigenvalue weighted by Crippen LogP contribution is -2.47. The van der Waals surface area contributed by atoms with E-state index in [-0.39, 0.29) is 5.91 Å². The number of hydrogen-bond acceptors (Lipinski definition) is 5. The fourth-order valence-electron chi connectivity index (χ4n) is 3.02. The molecular weight excluding hydrogens is 316 g/mol. The van der Waals surface area contributed by atoms with Crippen LogP contribution in [0.4, 0.5) is 5.69 Å². The van der Waals surface area contributed by atoms with E-state index in [1.165, 1.54) is 11.3 Å². The summed E-state index contributed by atoms with van der Waals surface area (Å²) in [5.74, 6) is 0.0559. The summed E-state index contributed by atoms with van der Waals surface area (Å²) < 4.78 is 4.93. The number of piperazine rings is 1. The van der Waals surface area contributed by atoms with Gasteiger partial charge >= 0.3 is 0 Å². The number of ether oxygens (including phenoxy) is 1. The third-order valence-corrected chi connectivity index (χ3v) is 4.48. The number of carbonyl (C=O) groups excluding carboxylic acids is 1. The Labute approximate surface area is 151 Å². The van der Waals surface area contributed by atoms with E-state index in [0.29, 0.717) is 19.7 Å². The first-order chi connectivity index (χ1) is 12.2. The standard InChI is InChI=1S/C19H32N4O2/c1-17-5-3-6-18(15-17)23-12-10-22(11-13-23)9-4-7-21-19(24)16-20-8-14-25-2/h3,5-6,15,20H,4,7-14,16H2,1-2H3,(H,21,24). The van der Waals surface area contributed by atoms with E-state index >= 15 is 0 Å². The molecular formula is C19H32N4O2. The fourth-order valence-corrected chi connectivity index (χ4v) is 3.02. The van der Waals surface area contributed by atoms with Gasteiger partial charge in [0.1, 0.15) is 0 Å². The quantitative estimate of drug-likeness (QED) is 0.614. The molecule has 0 aliphatic carbocycles. The van der Waals surface area contributed by atoms with E-state index in [0.717, 1.165) is 45.7 Å². The molecule has 6 heteroatoms. The summed E-state index contributed by atoms with van der Waals surface area (Å²) in [7, 11) is 1.66. The fraction of sp³-hybridized carbons (Fsp3) is 0.632. The minimum absolute atomic E-state index is 0.0559. The van der Waals surface area contributed by atoms with Crippen molar-refractivity contribution >= 4 is 11.6 Å². The molecule has 0 radical (unpaired) electrons. The van der Waals surface area contributed by atoms with E-state index in [9.17, 15) is 4.79 Å². The molecule has 25 heavy (non-hydrogen) atoms. The average molecular weight is 348 g/mol. The van der Waals surface area contributed by atoms with Crippen LogP contribution < -0.4 is 15.5 Å². The van der Waals surface area contributed by atoms with Crippen LogP contribution in [0.15, 0.2) is 24.3 Å². The second-order valence-corrected chi connectivity index (χ2v) is 6.54. The highest BCUT2D eigenvalue weighted by Crippen LogP contribution is 2.17. The van der Waals surface area contributed by atoms with Crippen molar-refractivity contribution in [2.75, 3.05) is 71.0 Å². The van der Waals surface area contributed by atoms with Crippen molar-refractivity contribution in [2.24, 2.45) is 0 Å². The molecule has 1 saturated heterocycles. The number of methoxy groups -OCH3 is 1. The van der Waals surface area contributed by atoms with Gasteiger partial charge in [-0.2, -0.15) is 0 Å². The Morgan fingerprint density at radius 1 is 1.20 bits per heavy atom. The maximum atomic E-state index is 11.6. The topological polar surface area (TPSA) is 56.8 Å². The lowest BCUT2D eigenvalue weighted by Gasteiger charge is -2.36. The van der Waals surface area contributed by atoms with Crippen molar-refractivity contribution in [2.45, 2.75) is 13.3 Å². The molecule has 1 aromatic carbocycles. The van der Waals surface area contributed by atoms with Crippen molar-refractivity contribution < 1.29 is 9.53 Å². The number of benzene rings is 1. The van der Waals surface area contributed by atoms with E-state index in [1.54, 1.807) is 7.11 Å².